The zero-order chi connectivity index (χ0) is 11.8. The molecule has 0 radical (unpaired) electrons. The van der Waals surface area contributed by atoms with Crippen molar-refractivity contribution < 1.29 is 0 Å². The van der Waals surface area contributed by atoms with Gasteiger partial charge < -0.3 is 0 Å². The monoisotopic (exact) mass is 266 g/mol. The number of thioether (sulfide) groups is 1. The summed E-state index contributed by atoms with van der Waals surface area (Å²) in [5, 5.41) is 0. The molecule has 0 nitrogen and oxygen atoms in total. The minimum Gasteiger partial charge on any atom is -0.179 e. The lowest BCUT2D eigenvalue weighted by Crippen LogP contribution is -1.82. The first kappa shape index (κ1) is 18.2. The van der Waals surface area contributed by atoms with Crippen LogP contribution in [0.4, 0.5) is 0 Å². The Morgan fingerprint density at radius 1 is 1.00 bits per heavy atom. The number of unbranched alkanes of at least 4 members (excludes halogenated alkanes) is 1. The molecule has 0 rings (SSSR count). The molecule has 0 unspecified atom stereocenters. The van der Waals surface area contributed by atoms with E-state index >= 15 is 0 Å². The molecule has 0 saturated heterocycles. The van der Waals surface area contributed by atoms with Crippen LogP contribution < -0.4 is 0 Å². The molecule has 0 aliphatic heterocycles. The van der Waals surface area contributed by atoms with Crippen molar-refractivity contribution in [1.29, 1.82) is 0 Å². The van der Waals surface area contributed by atoms with Gasteiger partial charge in [0.05, 0.1) is 0 Å². The van der Waals surface area contributed by atoms with Gasteiger partial charge in [0.1, 0.15) is 0 Å². The van der Waals surface area contributed by atoms with Crippen LogP contribution in [0.25, 0.3) is 0 Å². The summed E-state index contributed by atoms with van der Waals surface area (Å²) >= 11 is 10.1. The van der Waals surface area contributed by atoms with Crippen LogP contribution >= 0.6 is 37.0 Å². The summed E-state index contributed by atoms with van der Waals surface area (Å²) in [4.78, 5) is 0. The maximum atomic E-state index is 4.10. The fourth-order valence-electron chi connectivity index (χ4n) is 0.772. The summed E-state index contributed by atoms with van der Waals surface area (Å²) in [6, 6.07) is 0. The van der Waals surface area contributed by atoms with E-state index in [2.05, 4.69) is 51.3 Å². The largest absolute Gasteiger partial charge is 0.179 e. The van der Waals surface area contributed by atoms with Crippen molar-refractivity contribution in [3.05, 3.63) is 12.2 Å². The predicted molar refractivity (Wildman–Crippen MR) is 84.0 cm³/mol. The summed E-state index contributed by atoms with van der Waals surface area (Å²) in [7, 11) is 0. The highest BCUT2D eigenvalue weighted by atomic mass is 32.2. The van der Waals surface area contributed by atoms with Crippen LogP contribution in [-0.4, -0.2) is 23.0 Å². The van der Waals surface area contributed by atoms with Crippen LogP contribution in [0.2, 0.25) is 0 Å². The number of thiol groups is 2. The van der Waals surface area contributed by atoms with Crippen molar-refractivity contribution in [2.45, 2.75) is 39.5 Å². The highest BCUT2D eigenvalue weighted by molar-refractivity contribution is 7.99. The van der Waals surface area contributed by atoms with Crippen LogP contribution in [0.5, 0.6) is 0 Å². The van der Waals surface area contributed by atoms with Gasteiger partial charge in [0, 0.05) is 5.75 Å². The van der Waals surface area contributed by atoms with Crippen molar-refractivity contribution >= 4 is 37.0 Å². The Morgan fingerprint density at radius 2 is 1.73 bits per heavy atom. The van der Waals surface area contributed by atoms with E-state index in [1.54, 1.807) is 0 Å². The van der Waals surface area contributed by atoms with E-state index < -0.39 is 0 Å². The Labute approximate surface area is 112 Å². The summed E-state index contributed by atoms with van der Waals surface area (Å²) in [5.41, 5.74) is 0. The molecule has 0 atom stereocenters. The first-order valence-corrected chi connectivity index (χ1v) is 8.19. The molecule has 0 spiro atoms. The summed E-state index contributed by atoms with van der Waals surface area (Å²) in [6.45, 7) is 4.36. The molecule has 0 heterocycles. The summed E-state index contributed by atoms with van der Waals surface area (Å²) in [6.07, 6.45) is 9.26. The Balaban J connectivity index is 0. The minimum absolute atomic E-state index is 0.969. The van der Waals surface area contributed by atoms with Crippen LogP contribution in [0.15, 0.2) is 12.2 Å². The molecule has 3 heteroatoms. The van der Waals surface area contributed by atoms with E-state index in [4.69, 9.17) is 0 Å². The van der Waals surface area contributed by atoms with Gasteiger partial charge in [-0.3, -0.25) is 0 Å². The Hall–Kier alpha value is 0.790. The summed E-state index contributed by atoms with van der Waals surface area (Å²) < 4.78 is 0. The van der Waals surface area contributed by atoms with Crippen LogP contribution in [0, 0.1) is 0 Å². The normalized spacial score (nSPS) is 10.1. The lowest BCUT2D eigenvalue weighted by molar-refractivity contribution is 0.896. The molecule has 0 aliphatic rings. The predicted octanol–water partition coefficient (Wildman–Crippen LogP) is 4.72. The third-order valence-electron chi connectivity index (χ3n) is 1.58. The molecule has 0 aliphatic carbocycles. The van der Waals surface area contributed by atoms with E-state index in [1.165, 1.54) is 24.3 Å². The molecule has 0 saturated carbocycles. The van der Waals surface area contributed by atoms with Gasteiger partial charge in [-0.25, -0.2) is 0 Å². The Kier molecular flexibility index (Phi) is 24.5. The minimum atomic E-state index is 0.969. The van der Waals surface area contributed by atoms with Gasteiger partial charge in [-0.2, -0.15) is 37.0 Å². The van der Waals surface area contributed by atoms with Crippen molar-refractivity contribution in [1.82, 2.24) is 0 Å². The fraction of sp³-hybridized carbons (Fsp3) is 0.833. The van der Waals surface area contributed by atoms with Crippen molar-refractivity contribution in [2.75, 3.05) is 23.0 Å². The number of rotatable bonds is 8. The van der Waals surface area contributed by atoms with Gasteiger partial charge in [-0.1, -0.05) is 32.4 Å². The number of hydrogen-bond acceptors (Lipinski definition) is 3. The third kappa shape index (κ3) is 25.2. The van der Waals surface area contributed by atoms with Gasteiger partial charge >= 0.3 is 0 Å². The average molecular weight is 267 g/mol. The molecule has 0 fully saturated rings. The molecule has 92 valence electrons. The van der Waals surface area contributed by atoms with Crippen LogP contribution in [0.3, 0.4) is 0 Å². The zero-order valence-corrected chi connectivity index (χ0v) is 12.7. The first-order valence-electron chi connectivity index (χ1n) is 5.77. The highest BCUT2D eigenvalue weighted by Crippen LogP contribution is 2.03. The molecule has 0 aromatic carbocycles. The second-order valence-electron chi connectivity index (χ2n) is 3.08. The second-order valence-corrected chi connectivity index (χ2v) is 5.20. The SMILES string of the molecule is CCC=CCCS.CCCCSCCS. The zero-order valence-electron chi connectivity index (χ0n) is 10.1. The molecule has 0 aromatic rings. The topological polar surface area (TPSA) is 0 Å². The Morgan fingerprint density at radius 3 is 2.20 bits per heavy atom. The van der Waals surface area contributed by atoms with Crippen LogP contribution in [-0.2, 0) is 0 Å². The second kappa shape index (κ2) is 20.2. The van der Waals surface area contributed by atoms with Crippen molar-refractivity contribution in [2.24, 2.45) is 0 Å². The van der Waals surface area contributed by atoms with Gasteiger partial charge in [0.15, 0.2) is 0 Å². The Bertz CT molecular complexity index is 107. The molecule has 0 aromatic heterocycles. The van der Waals surface area contributed by atoms with Crippen molar-refractivity contribution in [3.8, 4) is 0 Å². The number of allylic oxidation sites excluding steroid dienone is 2. The van der Waals surface area contributed by atoms with Gasteiger partial charge in [-0.15, -0.1) is 0 Å². The summed E-state index contributed by atoms with van der Waals surface area (Å²) in [5.74, 6) is 4.52. The first-order chi connectivity index (χ1) is 7.33. The maximum absolute atomic E-state index is 4.10. The molecule has 0 amide bonds. The third-order valence-corrected chi connectivity index (χ3v) is 3.43. The average Bonchev–Trinajstić information content (AvgIpc) is 2.26. The molecule has 0 N–H and O–H groups in total. The van der Waals surface area contributed by atoms with Gasteiger partial charge in [0.2, 0.25) is 0 Å². The van der Waals surface area contributed by atoms with Gasteiger partial charge in [-0.05, 0) is 36.5 Å². The molecule has 0 bridgehead atoms. The molecular formula is C12H26S3. The number of hydrogen-bond donors (Lipinski definition) is 2. The molecular weight excluding hydrogens is 240 g/mol. The van der Waals surface area contributed by atoms with Gasteiger partial charge in [0.25, 0.3) is 0 Å². The smallest absolute Gasteiger partial charge is 0.00210 e. The standard InChI is InChI=1S/C6H14S2.C6H12S/c1-2-3-5-8-6-4-7;1-2-3-4-5-6-7/h7H,2-6H2,1H3;3-4,7H,2,5-6H2,1H3. The highest BCUT2D eigenvalue weighted by Gasteiger charge is 1.83. The fourth-order valence-corrected chi connectivity index (χ4v) is 2.13. The van der Waals surface area contributed by atoms with E-state index in [1.807, 2.05) is 11.8 Å². The van der Waals surface area contributed by atoms with E-state index in [9.17, 15) is 0 Å². The van der Waals surface area contributed by atoms with E-state index in [-0.39, 0.29) is 0 Å². The van der Waals surface area contributed by atoms with E-state index in [0.717, 1.165) is 24.3 Å². The maximum Gasteiger partial charge on any atom is 0.00210 e. The van der Waals surface area contributed by atoms with E-state index in [0.29, 0.717) is 0 Å². The lowest BCUT2D eigenvalue weighted by Gasteiger charge is -1.93. The van der Waals surface area contributed by atoms with Crippen LogP contribution in [0.1, 0.15) is 39.5 Å². The molecule has 15 heavy (non-hydrogen) atoms. The quantitative estimate of drug-likeness (QED) is 0.364. The lowest BCUT2D eigenvalue weighted by atomic mass is 10.4. The van der Waals surface area contributed by atoms with Crippen molar-refractivity contribution in [3.63, 3.8) is 0 Å².